The van der Waals surface area contributed by atoms with Crippen LogP contribution in [0.4, 0.5) is 5.69 Å². The molecular weight excluding hydrogens is 174 g/mol. The van der Waals surface area contributed by atoms with Gasteiger partial charge in [0.25, 0.3) is 0 Å². The Morgan fingerprint density at radius 3 is 3.07 bits per heavy atom. The van der Waals surface area contributed by atoms with Gasteiger partial charge in [0.1, 0.15) is 0 Å². The number of nitrogens with two attached hydrogens (primary N) is 1. The fourth-order valence-electron chi connectivity index (χ4n) is 1.94. The van der Waals surface area contributed by atoms with Crippen LogP contribution in [0.15, 0.2) is 24.5 Å². The molecule has 1 aromatic heterocycles. The van der Waals surface area contributed by atoms with Crippen LogP contribution in [0.5, 0.6) is 0 Å². The van der Waals surface area contributed by atoms with Gasteiger partial charge in [-0.05, 0) is 24.5 Å². The smallest absolute Gasteiger partial charge is 0.0552 e. The molecule has 2 heterocycles. The molecule has 2 atom stereocenters. The van der Waals surface area contributed by atoms with Crippen LogP contribution >= 0.6 is 0 Å². The number of hydrogen-bond donors (Lipinski definition) is 1. The molecule has 2 rings (SSSR count). The molecule has 0 radical (unpaired) electrons. The molecule has 0 amide bonds. The fourth-order valence-corrected chi connectivity index (χ4v) is 1.94. The monoisotopic (exact) mass is 191 g/mol. The molecule has 76 valence electrons. The maximum atomic E-state index is 5.98. The van der Waals surface area contributed by atoms with E-state index in [4.69, 9.17) is 5.73 Å². The standard InChI is InChI=1S/C11H17N3/c1-9-8-14(6-4-11(9)12)10-3-2-5-13-7-10/h2-3,5,7,9,11H,4,6,8,12H2,1H3. The number of nitrogens with zero attached hydrogens (tertiary/aromatic N) is 2. The van der Waals surface area contributed by atoms with E-state index in [9.17, 15) is 0 Å². The van der Waals surface area contributed by atoms with Crippen LogP contribution in [0.25, 0.3) is 0 Å². The first-order valence-corrected chi connectivity index (χ1v) is 5.18. The van der Waals surface area contributed by atoms with Crippen molar-refractivity contribution >= 4 is 5.69 Å². The zero-order valence-corrected chi connectivity index (χ0v) is 8.56. The Kier molecular flexibility index (Phi) is 2.68. The predicted octanol–water partition coefficient (Wildman–Crippen LogP) is 1.26. The highest BCUT2D eigenvalue weighted by Crippen LogP contribution is 2.20. The number of hydrogen-bond acceptors (Lipinski definition) is 3. The molecule has 2 N–H and O–H groups in total. The molecule has 1 fully saturated rings. The summed E-state index contributed by atoms with van der Waals surface area (Å²) < 4.78 is 0. The zero-order valence-electron chi connectivity index (χ0n) is 8.56. The van der Waals surface area contributed by atoms with Gasteiger partial charge in [-0.15, -0.1) is 0 Å². The minimum atomic E-state index is 0.364. The summed E-state index contributed by atoms with van der Waals surface area (Å²) in [7, 11) is 0. The Labute approximate surface area is 84.9 Å². The van der Waals surface area contributed by atoms with Crippen molar-refractivity contribution in [2.45, 2.75) is 19.4 Å². The highest BCUT2D eigenvalue weighted by Gasteiger charge is 2.22. The lowest BCUT2D eigenvalue weighted by molar-refractivity contribution is 0.383. The molecule has 1 aliphatic heterocycles. The summed E-state index contributed by atoms with van der Waals surface area (Å²) in [4.78, 5) is 6.49. The minimum absolute atomic E-state index is 0.364. The van der Waals surface area contributed by atoms with Crippen LogP contribution in [0.1, 0.15) is 13.3 Å². The third-order valence-corrected chi connectivity index (χ3v) is 2.98. The summed E-state index contributed by atoms with van der Waals surface area (Å²) >= 11 is 0. The van der Waals surface area contributed by atoms with E-state index in [2.05, 4.69) is 22.9 Å². The first kappa shape index (κ1) is 9.46. The van der Waals surface area contributed by atoms with E-state index in [0.717, 1.165) is 19.5 Å². The van der Waals surface area contributed by atoms with Crippen LogP contribution in [0.2, 0.25) is 0 Å². The van der Waals surface area contributed by atoms with Gasteiger partial charge in [-0.3, -0.25) is 4.98 Å². The maximum Gasteiger partial charge on any atom is 0.0552 e. The van der Waals surface area contributed by atoms with Crippen molar-refractivity contribution in [2.75, 3.05) is 18.0 Å². The lowest BCUT2D eigenvalue weighted by Crippen LogP contribution is -2.45. The molecule has 3 heteroatoms. The third-order valence-electron chi connectivity index (χ3n) is 2.98. The number of anilines is 1. The second-order valence-corrected chi connectivity index (χ2v) is 4.09. The molecule has 1 saturated heterocycles. The van der Waals surface area contributed by atoms with Crippen molar-refractivity contribution < 1.29 is 0 Å². The van der Waals surface area contributed by atoms with Gasteiger partial charge in [0.2, 0.25) is 0 Å². The average molecular weight is 191 g/mol. The molecule has 14 heavy (non-hydrogen) atoms. The molecule has 0 aliphatic carbocycles. The Morgan fingerprint density at radius 1 is 1.57 bits per heavy atom. The second-order valence-electron chi connectivity index (χ2n) is 4.09. The number of piperidine rings is 1. The van der Waals surface area contributed by atoms with Crippen molar-refractivity contribution in [3.63, 3.8) is 0 Å². The van der Waals surface area contributed by atoms with Crippen LogP contribution in [-0.4, -0.2) is 24.1 Å². The van der Waals surface area contributed by atoms with Gasteiger partial charge in [-0.2, -0.15) is 0 Å². The lowest BCUT2D eigenvalue weighted by atomic mass is 9.94. The second kappa shape index (κ2) is 3.96. The molecule has 0 saturated carbocycles. The van der Waals surface area contributed by atoms with Crippen molar-refractivity contribution in [2.24, 2.45) is 11.7 Å². The van der Waals surface area contributed by atoms with E-state index < -0.39 is 0 Å². The molecule has 1 aliphatic rings. The first-order valence-electron chi connectivity index (χ1n) is 5.18. The van der Waals surface area contributed by atoms with Gasteiger partial charge in [0, 0.05) is 25.3 Å². The van der Waals surface area contributed by atoms with E-state index >= 15 is 0 Å². The molecule has 0 bridgehead atoms. The first-order chi connectivity index (χ1) is 6.77. The van der Waals surface area contributed by atoms with E-state index in [1.165, 1.54) is 5.69 Å². The van der Waals surface area contributed by atoms with Crippen molar-refractivity contribution in [1.29, 1.82) is 0 Å². The van der Waals surface area contributed by atoms with Crippen LogP contribution < -0.4 is 10.6 Å². The topological polar surface area (TPSA) is 42.2 Å². The van der Waals surface area contributed by atoms with E-state index in [1.54, 1.807) is 0 Å². The summed E-state index contributed by atoms with van der Waals surface area (Å²) in [5.41, 5.74) is 7.19. The minimum Gasteiger partial charge on any atom is -0.370 e. The molecular formula is C11H17N3. The van der Waals surface area contributed by atoms with Gasteiger partial charge in [0.15, 0.2) is 0 Å². The molecule has 0 aromatic carbocycles. The van der Waals surface area contributed by atoms with Gasteiger partial charge in [0.05, 0.1) is 11.9 Å². The summed E-state index contributed by atoms with van der Waals surface area (Å²) in [5, 5.41) is 0. The highest BCUT2D eigenvalue weighted by molar-refractivity contribution is 5.44. The van der Waals surface area contributed by atoms with Crippen molar-refractivity contribution in [3.05, 3.63) is 24.5 Å². The van der Waals surface area contributed by atoms with E-state index in [-0.39, 0.29) is 0 Å². The Balaban J connectivity index is 2.07. The maximum absolute atomic E-state index is 5.98. The van der Waals surface area contributed by atoms with Crippen LogP contribution in [0.3, 0.4) is 0 Å². The number of pyridine rings is 1. The van der Waals surface area contributed by atoms with Gasteiger partial charge in [-0.1, -0.05) is 6.92 Å². The van der Waals surface area contributed by atoms with Crippen LogP contribution in [0, 0.1) is 5.92 Å². The quantitative estimate of drug-likeness (QED) is 0.726. The molecule has 1 aromatic rings. The molecule has 0 spiro atoms. The summed E-state index contributed by atoms with van der Waals surface area (Å²) in [5.74, 6) is 0.573. The Hall–Kier alpha value is -1.09. The SMILES string of the molecule is CC1CN(c2cccnc2)CCC1N. The zero-order chi connectivity index (χ0) is 9.97. The van der Waals surface area contributed by atoms with E-state index in [1.807, 2.05) is 18.5 Å². The normalized spacial score (nSPS) is 27.7. The largest absolute Gasteiger partial charge is 0.370 e. The fraction of sp³-hybridized carbons (Fsp3) is 0.545. The summed E-state index contributed by atoms with van der Waals surface area (Å²) in [6.07, 6.45) is 4.81. The predicted molar refractivity (Wildman–Crippen MR) is 58.2 cm³/mol. The lowest BCUT2D eigenvalue weighted by Gasteiger charge is -2.36. The third kappa shape index (κ3) is 1.87. The summed E-state index contributed by atoms with van der Waals surface area (Å²) in [6, 6.07) is 4.45. The van der Waals surface area contributed by atoms with Gasteiger partial charge < -0.3 is 10.6 Å². The van der Waals surface area contributed by atoms with E-state index in [0.29, 0.717) is 12.0 Å². The van der Waals surface area contributed by atoms with Crippen molar-refractivity contribution in [3.8, 4) is 0 Å². The highest BCUT2D eigenvalue weighted by atomic mass is 15.1. The number of rotatable bonds is 1. The van der Waals surface area contributed by atoms with Gasteiger partial charge in [-0.25, -0.2) is 0 Å². The molecule has 3 nitrogen and oxygen atoms in total. The summed E-state index contributed by atoms with van der Waals surface area (Å²) in [6.45, 7) is 4.32. The number of aromatic nitrogens is 1. The Bertz CT molecular complexity index is 286. The Morgan fingerprint density at radius 2 is 2.43 bits per heavy atom. The molecule has 2 unspecified atom stereocenters. The van der Waals surface area contributed by atoms with Gasteiger partial charge >= 0.3 is 0 Å². The average Bonchev–Trinajstić information content (AvgIpc) is 2.23. The van der Waals surface area contributed by atoms with Crippen molar-refractivity contribution in [1.82, 2.24) is 4.98 Å². The van der Waals surface area contributed by atoms with Crippen LogP contribution in [-0.2, 0) is 0 Å².